The SMILES string of the molecule is CC(C)(C)NC(CCCCCCCCOC(=O)N1CC(NC(C)(C)C)(C(=O)C(C)(C)C)C1)(CCCCCC[C@@]1(C(=O)C(C)(C)C)CCCN1C(C)(C)C)C(=O)C(C)(C)C. The van der Waals surface area contributed by atoms with Gasteiger partial charge in [-0.25, -0.2) is 4.79 Å². The number of nitrogens with zero attached hydrogens (tertiary/aromatic N) is 2. The van der Waals surface area contributed by atoms with Gasteiger partial charge in [0.15, 0.2) is 17.3 Å². The van der Waals surface area contributed by atoms with E-state index < -0.39 is 21.9 Å². The largest absolute Gasteiger partial charge is 0.449 e. The number of carbonyl (C=O) groups excluding carboxylic acids is 4. The van der Waals surface area contributed by atoms with E-state index in [2.05, 4.69) is 98.6 Å². The van der Waals surface area contributed by atoms with Gasteiger partial charge in [-0.15, -0.1) is 0 Å². The molecular formula is C50H94N4O5. The number of carbonyl (C=O) groups is 4. The summed E-state index contributed by atoms with van der Waals surface area (Å²) in [5.74, 6) is 0.819. The number of hydrogen-bond acceptors (Lipinski definition) is 8. The van der Waals surface area contributed by atoms with E-state index in [1.165, 1.54) is 0 Å². The molecule has 2 heterocycles. The van der Waals surface area contributed by atoms with Crippen molar-refractivity contribution in [3.05, 3.63) is 0 Å². The molecule has 59 heavy (non-hydrogen) atoms. The van der Waals surface area contributed by atoms with Crippen LogP contribution in [0.2, 0.25) is 0 Å². The van der Waals surface area contributed by atoms with Crippen LogP contribution in [-0.2, 0) is 19.1 Å². The lowest BCUT2D eigenvalue weighted by Crippen LogP contribution is -2.78. The molecule has 344 valence electrons. The smallest absolute Gasteiger partial charge is 0.409 e. The Morgan fingerprint density at radius 1 is 0.576 bits per heavy atom. The third-order valence-electron chi connectivity index (χ3n) is 12.2. The van der Waals surface area contributed by atoms with E-state index in [0.29, 0.717) is 31.3 Å². The number of rotatable bonds is 21. The summed E-state index contributed by atoms with van der Waals surface area (Å²) in [6.07, 6.45) is 14.3. The summed E-state index contributed by atoms with van der Waals surface area (Å²) in [6.45, 7) is 39.6. The highest BCUT2D eigenvalue weighted by Gasteiger charge is 2.56. The molecule has 2 fully saturated rings. The molecule has 9 nitrogen and oxygen atoms in total. The summed E-state index contributed by atoms with van der Waals surface area (Å²) in [5, 5.41) is 7.37. The molecule has 9 heteroatoms. The van der Waals surface area contributed by atoms with Crippen molar-refractivity contribution >= 4 is 23.4 Å². The predicted molar refractivity (Wildman–Crippen MR) is 246 cm³/mol. The van der Waals surface area contributed by atoms with Gasteiger partial charge in [0.05, 0.1) is 30.8 Å². The summed E-state index contributed by atoms with van der Waals surface area (Å²) in [6, 6.07) is 0. The van der Waals surface area contributed by atoms with Crippen LogP contribution in [0.4, 0.5) is 4.79 Å². The van der Waals surface area contributed by atoms with E-state index >= 15 is 0 Å². The van der Waals surface area contributed by atoms with Gasteiger partial charge in [0.2, 0.25) is 0 Å². The number of ether oxygens (including phenoxy) is 1. The van der Waals surface area contributed by atoms with E-state index in [4.69, 9.17) is 4.74 Å². The first kappa shape index (κ1) is 53.3. The Bertz CT molecular complexity index is 1390. The van der Waals surface area contributed by atoms with E-state index in [1.807, 2.05) is 41.5 Å². The van der Waals surface area contributed by atoms with E-state index in [9.17, 15) is 19.2 Å². The molecule has 0 radical (unpaired) electrons. The van der Waals surface area contributed by atoms with Crippen LogP contribution >= 0.6 is 0 Å². The molecule has 2 aliphatic heterocycles. The van der Waals surface area contributed by atoms with Gasteiger partial charge >= 0.3 is 6.09 Å². The summed E-state index contributed by atoms with van der Waals surface area (Å²) in [5.41, 5.74) is -3.58. The van der Waals surface area contributed by atoms with E-state index in [1.54, 1.807) is 4.90 Å². The Morgan fingerprint density at radius 2 is 1.05 bits per heavy atom. The quantitative estimate of drug-likeness (QED) is 0.110. The Morgan fingerprint density at radius 3 is 1.49 bits per heavy atom. The van der Waals surface area contributed by atoms with Crippen LogP contribution in [0, 0.1) is 16.2 Å². The maximum Gasteiger partial charge on any atom is 0.409 e. The molecular weight excluding hydrogens is 737 g/mol. The average molecular weight is 831 g/mol. The highest BCUT2D eigenvalue weighted by Crippen LogP contribution is 2.44. The Balaban J connectivity index is 1.92. The predicted octanol–water partition coefficient (Wildman–Crippen LogP) is 11.2. The van der Waals surface area contributed by atoms with Gasteiger partial charge in [-0.1, -0.05) is 120 Å². The van der Waals surface area contributed by atoms with Crippen molar-refractivity contribution in [1.29, 1.82) is 0 Å². The second kappa shape index (κ2) is 20.1. The number of amides is 1. The van der Waals surface area contributed by atoms with Crippen LogP contribution in [0.5, 0.6) is 0 Å². The van der Waals surface area contributed by atoms with Gasteiger partial charge < -0.3 is 15.0 Å². The molecule has 0 spiro atoms. The molecule has 0 aliphatic carbocycles. The maximum absolute atomic E-state index is 14.4. The molecule has 2 rings (SSSR count). The molecule has 0 aromatic carbocycles. The van der Waals surface area contributed by atoms with Crippen molar-refractivity contribution in [1.82, 2.24) is 20.4 Å². The maximum atomic E-state index is 14.4. The summed E-state index contributed by atoms with van der Waals surface area (Å²) in [4.78, 5) is 58.8. The van der Waals surface area contributed by atoms with Crippen molar-refractivity contribution in [3.63, 3.8) is 0 Å². The van der Waals surface area contributed by atoms with Gasteiger partial charge in [-0.2, -0.15) is 0 Å². The summed E-state index contributed by atoms with van der Waals surface area (Å²) < 4.78 is 5.63. The van der Waals surface area contributed by atoms with Gasteiger partial charge in [0, 0.05) is 32.9 Å². The Labute approximate surface area is 363 Å². The lowest BCUT2D eigenvalue weighted by atomic mass is 9.71. The minimum absolute atomic E-state index is 0.0546. The van der Waals surface area contributed by atoms with Gasteiger partial charge in [0.1, 0.15) is 5.54 Å². The number of hydrogen-bond donors (Lipinski definition) is 2. The van der Waals surface area contributed by atoms with Crippen molar-refractivity contribution in [3.8, 4) is 0 Å². The first-order valence-electron chi connectivity index (χ1n) is 23.6. The standard InChI is InChI=1S/C50H94N4O5/c1-42(2,3)38(55)48(51-45(10,11)12,31-26-22-23-27-32-50(40(57)44(7,8)9)33-29-34-54(50)47(16,17)18)30-25-21-19-20-24-28-35-59-41(58)53-36-49(37-53,52-46(13,14)15)39(56)43(4,5)6/h51-52H,19-37H2,1-18H3/t48?,50-/m0/s1. The van der Waals surface area contributed by atoms with Gasteiger partial charge in [-0.05, 0) is 107 Å². The Hall–Kier alpha value is -1.84. The molecule has 2 N–H and O–H groups in total. The first-order chi connectivity index (χ1) is 26.6. The van der Waals surface area contributed by atoms with Crippen molar-refractivity contribution in [2.24, 2.45) is 16.2 Å². The normalized spacial score (nSPS) is 20.6. The van der Waals surface area contributed by atoms with Crippen LogP contribution in [0.3, 0.4) is 0 Å². The van der Waals surface area contributed by atoms with Crippen molar-refractivity contribution in [2.75, 3.05) is 26.2 Å². The minimum atomic E-state index is -0.741. The van der Waals surface area contributed by atoms with E-state index in [0.717, 1.165) is 103 Å². The summed E-state index contributed by atoms with van der Waals surface area (Å²) >= 11 is 0. The zero-order chi connectivity index (χ0) is 45.5. The molecule has 2 saturated heterocycles. The van der Waals surface area contributed by atoms with Crippen LogP contribution in [0.25, 0.3) is 0 Å². The lowest BCUT2D eigenvalue weighted by molar-refractivity contribution is -0.142. The molecule has 0 aromatic heterocycles. The topological polar surface area (TPSA) is 108 Å². The molecule has 1 unspecified atom stereocenters. The van der Waals surface area contributed by atoms with Crippen molar-refractivity contribution < 1.29 is 23.9 Å². The molecule has 2 atom stereocenters. The van der Waals surface area contributed by atoms with Crippen LogP contribution in [0.1, 0.15) is 221 Å². The zero-order valence-electron chi connectivity index (χ0n) is 41.9. The summed E-state index contributed by atoms with van der Waals surface area (Å²) in [7, 11) is 0. The minimum Gasteiger partial charge on any atom is -0.449 e. The lowest BCUT2D eigenvalue weighted by Gasteiger charge is -2.53. The number of likely N-dealkylation sites (tertiary alicyclic amines) is 2. The van der Waals surface area contributed by atoms with Gasteiger partial charge in [0.25, 0.3) is 0 Å². The fraction of sp³-hybridized carbons (Fsp3) is 0.920. The fourth-order valence-electron chi connectivity index (χ4n) is 10.3. The van der Waals surface area contributed by atoms with Crippen LogP contribution in [-0.4, -0.2) is 92.7 Å². The first-order valence-corrected chi connectivity index (χ1v) is 23.6. The number of nitrogens with one attached hydrogen (secondary N) is 2. The number of ketones is 3. The average Bonchev–Trinajstić information content (AvgIpc) is 3.49. The number of unbranched alkanes of at least 4 members (excludes halogenated alkanes) is 8. The molecule has 0 aromatic rings. The number of Topliss-reactive ketones (excluding diaryl/α,β-unsaturated/α-hetero) is 3. The van der Waals surface area contributed by atoms with Crippen molar-refractivity contribution in [2.45, 2.75) is 254 Å². The van der Waals surface area contributed by atoms with Gasteiger partial charge in [-0.3, -0.25) is 24.6 Å². The zero-order valence-corrected chi connectivity index (χ0v) is 41.9. The third-order valence-corrected chi connectivity index (χ3v) is 12.2. The molecule has 2 aliphatic rings. The van der Waals surface area contributed by atoms with Crippen LogP contribution < -0.4 is 10.6 Å². The fourth-order valence-corrected chi connectivity index (χ4v) is 10.3. The van der Waals surface area contributed by atoms with E-state index in [-0.39, 0.29) is 39.4 Å². The highest BCUT2D eigenvalue weighted by molar-refractivity contribution is 5.96. The molecule has 0 saturated carbocycles. The molecule has 0 bridgehead atoms. The highest BCUT2D eigenvalue weighted by atomic mass is 16.6. The third kappa shape index (κ3) is 15.5. The monoisotopic (exact) mass is 831 g/mol. The Kier molecular flexibility index (Phi) is 18.2. The van der Waals surface area contributed by atoms with Crippen LogP contribution in [0.15, 0.2) is 0 Å². The second-order valence-corrected chi connectivity index (χ2v) is 24.9. The second-order valence-electron chi connectivity index (χ2n) is 24.9. The molecule has 1 amide bonds.